The second kappa shape index (κ2) is 9.75. The lowest BCUT2D eigenvalue weighted by Gasteiger charge is -2.38. The molecule has 2 aliphatic heterocycles. The summed E-state index contributed by atoms with van der Waals surface area (Å²) in [5, 5.41) is 7.38. The van der Waals surface area contributed by atoms with E-state index < -0.39 is 0 Å². The second-order valence-corrected chi connectivity index (χ2v) is 9.05. The summed E-state index contributed by atoms with van der Waals surface area (Å²) in [6.07, 6.45) is 6.35. The molecule has 4 rings (SSSR count). The van der Waals surface area contributed by atoms with Crippen LogP contribution in [0.1, 0.15) is 38.2 Å². The zero-order valence-corrected chi connectivity index (χ0v) is 18.6. The minimum Gasteiger partial charge on any atom is -0.381 e. The van der Waals surface area contributed by atoms with Crippen LogP contribution in [-0.2, 0) is 10.2 Å². The highest BCUT2D eigenvalue weighted by Gasteiger charge is 2.34. The van der Waals surface area contributed by atoms with E-state index >= 15 is 0 Å². The second-order valence-electron chi connectivity index (χ2n) is 8.64. The van der Waals surface area contributed by atoms with Crippen molar-refractivity contribution in [1.82, 2.24) is 10.3 Å². The first kappa shape index (κ1) is 21.1. The van der Waals surface area contributed by atoms with Gasteiger partial charge in [-0.3, -0.25) is 0 Å². The van der Waals surface area contributed by atoms with Crippen molar-refractivity contribution in [2.75, 3.05) is 43.1 Å². The monoisotopic (exact) mass is 424 g/mol. The van der Waals surface area contributed by atoms with Gasteiger partial charge in [0.25, 0.3) is 0 Å². The van der Waals surface area contributed by atoms with Crippen LogP contribution < -0.4 is 15.5 Å². The maximum Gasteiger partial charge on any atom is 0.170 e. The Morgan fingerprint density at radius 3 is 2.53 bits per heavy atom. The van der Waals surface area contributed by atoms with Gasteiger partial charge in [0.1, 0.15) is 5.82 Å². The van der Waals surface area contributed by atoms with Gasteiger partial charge in [0.05, 0.1) is 11.9 Å². The highest BCUT2D eigenvalue weighted by Crippen LogP contribution is 2.34. The summed E-state index contributed by atoms with van der Waals surface area (Å²) in [5.41, 5.74) is 2.33. The molecule has 2 aliphatic rings. The van der Waals surface area contributed by atoms with E-state index in [1.54, 1.807) is 0 Å². The number of hydrogen-bond donors (Lipinski definition) is 2. The number of anilines is 2. The van der Waals surface area contributed by atoms with Gasteiger partial charge in [-0.2, -0.15) is 0 Å². The van der Waals surface area contributed by atoms with Crippen LogP contribution in [0.25, 0.3) is 0 Å². The summed E-state index contributed by atoms with van der Waals surface area (Å²) in [4.78, 5) is 7.02. The number of thiocarbonyl (C=S) groups is 1. The molecule has 1 aromatic heterocycles. The summed E-state index contributed by atoms with van der Waals surface area (Å²) in [5.74, 6) is 1.87. The van der Waals surface area contributed by atoms with Gasteiger partial charge in [0, 0.05) is 38.3 Å². The molecule has 2 fully saturated rings. The van der Waals surface area contributed by atoms with Crippen molar-refractivity contribution in [3.8, 4) is 0 Å². The predicted molar refractivity (Wildman–Crippen MR) is 127 cm³/mol. The third-order valence-corrected chi connectivity index (χ3v) is 6.78. The molecule has 1 aromatic carbocycles. The summed E-state index contributed by atoms with van der Waals surface area (Å²) < 4.78 is 5.63. The van der Waals surface area contributed by atoms with Crippen LogP contribution in [0.2, 0.25) is 0 Å². The lowest BCUT2D eigenvalue weighted by atomic mass is 9.74. The van der Waals surface area contributed by atoms with Crippen LogP contribution >= 0.6 is 12.2 Å². The number of benzene rings is 1. The van der Waals surface area contributed by atoms with Crippen molar-refractivity contribution >= 4 is 28.8 Å². The predicted octanol–water partition coefficient (Wildman–Crippen LogP) is 4.35. The number of aromatic nitrogens is 1. The molecule has 160 valence electrons. The number of nitrogens with one attached hydrogen (secondary N) is 2. The first-order valence-electron chi connectivity index (χ1n) is 11.0. The molecular formula is C24H32N4OS. The number of piperidine rings is 1. The molecule has 6 heteroatoms. The zero-order valence-electron chi connectivity index (χ0n) is 17.8. The van der Waals surface area contributed by atoms with E-state index in [0.29, 0.717) is 5.11 Å². The number of nitrogens with zero attached hydrogens (tertiary/aromatic N) is 2. The van der Waals surface area contributed by atoms with Crippen LogP contribution in [0.3, 0.4) is 0 Å². The molecule has 0 aliphatic carbocycles. The number of hydrogen-bond acceptors (Lipinski definition) is 4. The Balaban J connectivity index is 1.34. The van der Waals surface area contributed by atoms with Crippen molar-refractivity contribution < 1.29 is 4.74 Å². The first-order valence-corrected chi connectivity index (χ1v) is 11.4. The Labute approximate surface area is 185 Å². The molecule has 30 heavy (non-hydrogen) atoms. The maximum absolute atomic E-state index is 5.63. The van der Waals surface area contributed by atoms with E-state index in [9.17, 15) is 0 Å². The van der Waals surface area contributed by atoms with Crippen LogP contribution in [0, 0.1) is 5.92 Å². The molecule has 0 bridgehead atoms. The van der Waals surface area contributed by atoms with Crippen LogP contribution in [-0.4, -0.2) is 42.9 Å². The molecule has 2 N–H and O–H groups in total. The SMILES string of the molecule is CC1CCN(c2ccc(NC(=S)NCC3(c4ccccc4)CCOCC3)cn2)CC1. The summed E-state index contributed by atoms with van der Waals surface area (Å²) >= 11 is 5.58. The van der Waals surface area contributed by atoms with E-state index in [4.69, 9.17) is 17.0 Å². The number of ether oxygens (including phenoxy) is 1. The Morgan fingerprint density at radius 1 is 1.13 bits per heavy atom. The van der Waals surface area contributed by atoms with E-state index in [-0.39, 0.29) is 5.41 Å². The molecule has 0 atom stereocenters. The molecular weight excluding hydrogens is 392 g/mol. The molecule has 0 unspecified atom stereocenters. The zero-order chi connectivity index (χ0) is 20.8. The fourth-order valence-corrected chi connectivity index (χ4v) is 4.62. The van der Waals surface area contributed by atoms with Crippen molar-refractivity contribution in [2.24, 2.45) is 5.92 Å². The highest BCUT2D eigenvalue weighted by molar-refractivity contribution is 7.80. The maximum atomic E-state index is 5.63. The summed E-state index contributed by atoms with van der Waals surface area (Å²) in [7, 11) is 0. The summed E-state index contributed by atoms with van der Waals surface area (Å²) in [6.45, 7) is 6.88. The standard InChI is InChI=1S/C24H32N4OS/c1-19-9-13-28(14-10-19)22-8-7-21(17-25-22)27-23(30)26-18-24(11-15-29-16-12-24)20-5-3-2-4-6-20/h2-8,17,19H,9-16,18H2,1H3,(H2,26,27,30). The molecule has 2 aromatic rings. The van der Waals surface area contributed by atoms with Gasteiger partial charge in [0.15, 0.2) is 5.11 Å². The third kappa shape index (κ3) is 5.10. The van der Waals surface area contributed by atoms with Crippen molar-refractivity contribution in [2.45, 2.75) is 38.0 Å². The number of pyridine rings is 1. The molecule has 0 saturated carbocycles. The highest BCUT2D eigenvalue weighted by atomic mass is 32.1. The van der Waals surface area contributed by atoms with E-state index in [1.165, 1.54) is 18.4 Å². The lowest BCUT2D eigenvalue weighted by molar-refractivity contribution is 0.0515. The molecule has 2 saturated heterocycles. The van der Waals surface area contributed by atoms with Crippen molar-refractivity contribution in [1.29, 1.82) is 0 Å². The van der Waals surface area contributed by atoms with Gasteiger partial charge in [-0.15, -0.1) is 0 Å². The van der Waals surface area contributed by atoms with Crippen LogP contribution in [0.15, 0.2) is 48.7 Å². The smallest absolute Gasteiger partial charge is 0.170 e. The average molecular weight is 425 g/mol. The quantitative estimate of drug-likeness (QED) is 0.696. The van der Waals surface area contributed by atoms with E-state index in [1.807, 2.05) is 6.20 Å². The van der Waals surface area contributed by atoms with Crippen molar-refractivity contribution in [3.63, 3.8) is 0 Å². The summed E-state index contributed by atoms with van der Waals surface area (Å²) in [6, 6.07) is 14.9. The normalized spacial score (nSPS) is 19.3. The molecule has 5 nitrogen and oxygen atoms in total. The fraction of sp³-hybridized carbons (Fsp3) is 0.500. The molecule has 0 amide bonds. The van der Waals surface area contributed by atoms with Gasteiger partial charge in [-0.05, 0) is 61.5 Å². The minimum absolute atomic E-state index is 0.0543. The van der Waals surface area contributed by atoms with E-state index in [2.05, 4.69) is 69.9 Å². The Hall–Kier alpha value is -2.18. The van der Waals surface area contributed by atoms with Gasteiger partial charge >= 0.3 is 0 Å². The fourth-order valence-electron chi connectivity index (χ4n) is 4.43. The van der Waals surface area contributed by atoms with Gasteiger partial charge in [0.2, 0.25) is 0 Å². The Morgan fingerprint density at radius 2 is 1.87 bits per heavy atom. The van der Waals surface area contributed by atoms with Crippen LogP contribution in [0.4, 0.5) is 11.5 Å². The minimum atomic E-state index is 0.0543. The third-order valence-electron chi connectivity index (χ3n) is 6.54. The van der Waals surface area contributed by atoms with Gasteiger partial charge < -0.3 is 20.3 Å². The Bertz CT molecular complexity index is 813. The lowest BCUT2D eigenvalue weighted by Crippen LogP contribution is -2.45. The van der Waals surface area contributed by atoms with Crippen LogP contribution in [0.5, 0.6) is 0 Å². The van der Waals surface area contributed by atoms with Gasteiger partial charge in [-0.1, -0.05) is 37.3 Å². The molecule has 0 radical (unpaired) electrons. The topological polar surface area (TPSA) is 49.4 Å². The number of rotatable bonds is 5. The Kier molecular flexibility index (Phi) is 6.85. The average Bonchev–Trinajstić information content (AvgIpc) is 2.80. The largest absolute Gasteiger partial charge is 0.381 e. The molecule has 0 spiro atoms. The molecule has 3 heterocycles. The van der Waals surface area contributed by atoms with E-state index in [0.717, 1.165) is 63.1 Å². The van der Waals surface area contributed by atoms with Gasteiger partial charge in [-0.25, -0.2) is 4.98 Å². The first-order chi connectivity index (χ1) is 14.6. The van der Waals surface area contributed by atoms with Crippen molar-refractivity contribution in [3.05, 3.63) is 54.2 Å².